The molecule has 1 rings (SSSR count). The van der Waals surface area contributed by atoms with Gasteiger partial charge in [0, 0.05) is 11.1 Å². The van der Waals surface area contributed by atoms with Crippen molar-refractivity contribution < 1.29 is 9.72 Å². The molecule has 0 spiro atoms. The van der Waals surface area contributed by atoms with Gasteiger partial charge in [0.05, 0.1) is 10.5 Å². The van der Waals surface area contributed by atoms with E-state index in [1.54, 1.807) is 6.92 Å². The molecule has 0 fully saturated rings. The van der Waals surface area contributed by atoms with Crippen molar-refractivity contribution in [3.05, 3.63) is 38.4 Å². The molecule has 0 N–H and O–H groups in total. The minimum absolute atomic E-state index is 0.0856. The van der Waals surface area contributed by atoms with E-state index in [0.717, 1.165) is 0 Å². The number of nitro benzene ring substituents is 1. The lowest BCUT2D eigenvalue weighted by molar-refractivity contribution is -0.385. The SMILES string of the molecule is CC(=O)c1c([N+](=O)[O-])ccc(Cl)c1C. The monoisotopic (exact) mass is 213 g/mol. The van der Waals surface area contributed by atoms with Gasteiger partial charge in [0.1, 0.15) is 0 Å². The Kier molecular flexibility index (Phi) is 2.86. The van der Waals surface area contributed by atoms with E-state index in [1.165, 1.54) is 19.1 Å². The van der Waals surface area contributed by atoms with Crippen LogP contribution in [0, 0.1) is 17.0 Å². The van der Waals surface area contributed by atoms with Crippen LogP contribution in [0.15, 0.2) is 12.1 Å². The fraction of sp³-hybridized carbons (Fsp3) is 0.222. The molecule has 0 radical (unpaired) electrons. The highest BCUT2D eigenvalue weighted by Gasteiger charge is 2.20. The number of carbonyl (C=O) groups excluding carboxylic acids is 1. The number of carbonyl (C=O) groups is 1. The van der Waals surface area contributed by atoms with E-state index in [4.69, 9.17) is 11.6 Å². The second-order valence-corrected chi connectivity index (χ2v) is 3.29. The van der Waals surface area contributed by atoms with Crippen LogP contribution >= 0.6 is 11.6 Å². The molecule has 0 unspecified atom stereocenters. The van der Waals surface area contributed by atoms with Gasteiger partial charge in [-0.15, -0.1) is 0 Å². The molecule has 74 valence electrons. The molecule has 0 aliphatic carbocycles. The van der Waals surface area contributed by atoms with Crippen LogP contribution in [0.2, 0.25) is 5.02 Å². The van der Waals surface area contributed by atoms with Crippen LogP contribution < -0.4 is 0 Å². The van der Waals surface area contributed by atoms with Crippen molar-refractivity contribution in [1.29, 1.82) is 0 Å². The minimum Gasteiger partial charge on any atom is -0.294 e. The van der Waals surface area contributed by atoms with Crippen molar-refractivity contribution in [2.24, 2.45) is 0 Å². The highest BCUT2D eigenvalue weighted by atomic mass is 35.5. The van der Waals surface area contributed by atoms with Crippen molar-refractivity contribution in [3.8, 4) is 0 Å². The zero-order chi connectivity index (χ0) is 10.9. The van der Waals surface area contributed by atoms with E-state index in [2.05, 4.69) is 0 Å². The van der Waals surface area contributed by atoms with Crippen LogP contribution in [0.5, 0.6) is 0 Å². The van der Waals surface area contributed by atoms with Gasteiger partial charge < -0.3 is 0 Å². The zero-order valence-electron chi connectivity index (χ0n) is 7.70. The molecule has 1 aromatic rings. The molecule has 1 aromatic carbocycles. The van der Waals surface area contributed by atoms with E-state index in [-0.39, 0.29) is 17.0 Å². The van der Waals surface area contributed by atoms with Gasteiger partial charge >= 0.3 is 0 Å². The Morgan fingerprint density at radius 1 is 1.50 bits per heavy atom. The van der Waals surface area contributed by atoms with E-state index in [9.17, 15) is 14.9 Å². The molecule has 14 heavy (non-hydrogen) atoms. The number of halogens is 1. The Balaban J connectivity index is 3.53. The maximum absolute atomic E-state index is 11.2. The normalized spacial score (nSPS) is 9.93. The van der Waals surface area contributed by atoms with Gasteiger partial charge in [0.25, 0.3) is 5.69 Å². The first kappa shape index (κ1) is 10.7. The molecule has 4 nitrogen and oxygen atoms in total. The number of hydrogen-bond donors (Lipinski definition) is 0. The topological polar surface area (TPSA) is 60.2 Å². The van der Waals surface area contributed by atoms with E-state index in [0.29, 0.717) is 10.6 Å². The molecule has 0 atom stereocenters. The lowest BCUT2D eigenvalue weighted by Crippen LogP contribution is -2.03. The third-order valence-electron chi connectivity index (χ3n) is 1.93. The summed E-state index contributed by atoms with van der Waals surface area (Å²) in [6.45, 7) is 2.87. The number of nitrogens with zero attached hydrogens (tertiary/aromatic N) is 1. The van der Waals surface area contributed by atoms with E-state index >= 15 is 0 Å². The molecule has 0 aliphatic heterocycles. The molecular formula is C9H8ClNO3. The number of benzene rings is 1. The maximum Gasteiger partial charge on any atom is 0.280 e. The van der Waals surface area contributed by atoms with E-state index < -0.39 is 4.92 Å². The van der Waals surface area contributed by atoms with Gasteiger partial charge in [0.2, 0.25) is 0 Å². The quantitative estimate of drug-likeness (QED) is 0.431. The van der Waals surface area contributed by atoms with Crippen LogP contribution in [-0.4, -0.2) is 10.7 Å². The maximum atomic E-state index is 11.2. The Bertz CT molecular complexity index is 415. The molecule has 0 aromatic heterocycles. The lowest BCUT2D eigenvalue weighted by Gasteiger charge is -2.04. The summed E-state index contributed by atoms with van der Waals surface area (Å²) in [4.78, 5) is 21.2. The summed E-state index contributed by atoms with van der Waals surface area (Å²) in [5, 5.41) is 11.0. The first-order valence-electron chi connectivity index (χ1n) is 3.89. The number of Topliss-reactive ketones (excluding diaryl/α,β-unsaturated/α-hetero) is 1. The van der Waals surface area contributed by atoms with E-state index in [1.807, 2.05) is 0 Å². The van der Waals surface area contributed by atoms with Gasteiger partial charge in [-0.3, -0.25) is 14.9 Å². The van der Waals surface area contributed by atoms with Crippen molar-refractivity contribution in [2.45, 2.75) is 13.8 Å². The minimum atomic E-state index is -0.583. The van der Waals surface area contributed by atoms with Crippen LogP contribution in [0.4, 0.5) is 5.69 Å². The standard InChI is InChI=1S/C9H8ClNO3/c1-5-7(10)3-4-8(11(13)14)9(5)6(2)12/h3-4H,1-2H3. The van der Waals surface area contributed by atoms with Gasteiger partial charge in [-0.05, 0) is 25.5 Å². The summed E-state index contributed by atoms with van der Waals surface area (Å²) in [5.41, 5.74) is 0.343. The van der Waals surface area contributed by atoms with Crippen molar-refractivity contribution >= 4 is 23.1 Å². The van der Waals surface area contributed by atoms with Crippen LogP contribution in [0.1, 0.15) is 22.8 Å². The summed E-state index contributed by atoms with van der Waals surface area (Å²) < 4.78 is 0. The smallest absolute Gasteiger partial charge is 0.280 e. The highest BCUT2D eigenvalue weighted by molar-refractivity contribution is 6.32. The molecule has 0 bridgehead atoms. The number of ketones is 1. The van der Waals surface area contributed by atoms with Crippen molar-refractivity contribution in [2.75, 3.05) is 0 Å². The molecule has 0 saturated heterocycles. The number of rotatable bonds is 2. The number of hydrogen-bond acceptors (Lipinski definition) is 3. The largest absolute Gasteiger partial charge is 0.294 e. The number of nitro groups is 1. The third kappa shape index (κ3) is 1.75. The fourth-order valence-electron chi connectivity index (χ4n) is 1.27. The Morgan fingerprint density at radius 3 is 2.50 bits per heavy atom. The lowest BCUT2D eigenvalue weighted by atomic mass is 10.0. The van der Waals surface area contributed by atoms with Crippen molar-refractivity contribution in [1.82, 2.24) is 0 Å². The molecular weight excluding hydrogens is 206 g/mol. The fourth-order valence-corrected chi connectivity index (χ4v) is 1.43. The molecule has 0 heterocycles. The average molecular weight is 214 g/mol. The first-order valence-corrected chi connectivity index (χ1v) is 4.27. The van der Waals surface area contributed by atoms with Crippen LogP contribution in [0.3, 0.4) is 0 Å². The predicted octanol–water partition coefficient (Wildman–Crippen LogP) is 2.76. The van der Waals surface area contributed by atoms with Gasteiger partial charge in [-0.2, -0.15) is 0 Å². The second-order valence-electron chi connectivity index (χ2n) is 2.88. The van der Waals surface area contributed by atoms with Crippen LogP contribution in [-0.2, 0) is 0 Å². The Labute approximate surface area is 85.6 Å². The summed E-state index contributed by atoms with van der Waals surface area (Å²) in [6, 6.07) is 2.66. The van der Waals surface area contributed by atoms with Gasteiger partial charge in [-0.25, -0.2) is 0 Å². The summed E-state index contributed by atoms with van der Waals surface area (Å²) >= 11 is 5.76. The molecule has 0 saturated carbocycles. The summed E-state index contributed by atoms with van der Waals surface area (Å²) in [6.07, 6.45) is 0. The Morgan fingerprint density at radius 2 is 2.07 bits per heavy atom. The molecule has 5 heteroatoms. The van der Waals surface area contributed by atoms with Crippen molar-refractivity contribution in [3.63, 3.8) is 0 Å². The predicted molar refractivity (Wildman–Crippen MR) is 52.8 cm³/mol. The summed E-state index contributed by atoms with van der Waals surface area (Å²) in [5.74, 6) is -0.350. The molecule has 0 aliphatic rings. The van der Waals surface area contributed by atoms with Gasteiger partial charge in [0.15, 0.2) is 5.78 Å². The third-order valence-corrected chi connectivity index (χ3v) is 2.34. The highest BCUT2D eigenvalue weighted by Crippen LogP contribution is 2.28. The zero-order valence-corrected chi connectivity index (χ0v) is 8.46. The average Bonchev–Trinajstić information content (AvgIpc) is 2.08. The molecule has 0 amide bonds. The Hall–Kier alpha value is -1.42. The summed E-state index contributed by atoms with van der Waals surface area (Å²) in [7, 11) is 0. The van der Waals surface area contributed by atoms with Gasteiger partial charge in [-0.1, -0.05) is 11.6 Å². The van der Waals surface area contributed by atoms with Crippen LogP contribution in [0.25, 0.3) is 0 Å². The first-order chi connectivity index (χ1) is 6.45. The second kappa shape index (κ2) is 3.75.